The van der Waals surface area contributed by atoms with Crippen LogP contribution in [0.5, 0.6) is 0 Å². The fourth-order valence-electron chi connectivity index (χ4n) is 2.22. The van der Waals surface area contributed by atoms with Gasteiger partial charge in [0.1, 0.15) is 5.82 Å². The van der Waals surface area contributed by atoms with E-state index in [1.807, 2.05) is 0 Å². The second kappa shape index (κ2) is 8.74. The highest BCUT2D eigenvalue weighted by Crippen LogP contribution is 2.16. The lowest BCUT2D eigenvalue weighted by molar-refractivity contribution is 0.0953. The van der Waals surface area contributed by atoms with Gasteiger partial charge in [0.15, 0.2) is 0 Å². The molecule has 0 aliphatic rings. The normalized spacial score (nSPS) is 11.2. The van der Waals surface area contributed by atoms with Gasteiger partial charge in [-0.05, 0) is 45.0 Å². The maximum atomic E-state index is 14.0. The standard InChI is InChI=1S/C16H26FN3O/c1-4-5-6-9-20(12(2)3)11-14-10-13(16(21)19-18)7-8-15(14)17/h7-8,10,12H,4-6,9,11,18H2,1-3H3,(H,19,21). The van der Waals surface area contributed by atoms with E-state index in [1.165, 1.54) is 18.6 Å². The Balaban J connectivity index is 2.84. The van der Waals surface area contributed by atoms with E-state index in [0.29, 0.717) is 23.7 Å². The van der Waals surface area contributed by atoms with Gasteiger partial charge in [0.2, 0.25) is 0 Å². The summed E-state index contributed by atoms with van der Waals surface area (Å²) < 4.78 is 14.0. The van der Waals surface area contributed by atoms with Gasteiger partial charge >= 0.3 is 0 Å². The second-order valence-corrected chi connectivity index (χ2v) is 5.55. The molecule has 4 nitrogen and oxygen atoms in total. The zero-order valence-electron chi connectivity index (χ0n) is 13.2. The first-order valence-corrected chi connectivity index (χ1v) is 7.53. The molecule has 0 aliphatic carbocycles. The van der Waals surface area contributed by atoms with Crippen molar-refractivity contribution in [2.45, 2.75) is 52.6 Å². The highest BCUT2D eigenvalue weighted by atomic mass is 19.1. The fourth-order valence-corrected chi connectivity index (χ4v) is 2.22. The van der Waals surface area contributed by atoms with Crippen LogP contribution in [0.3, 0.4) is 0 Å². The van der Waals surface area contributed by atoms with Crippen LogP contribution < -0.4 is 11.3 Å². The summed E-state index contributed by atoms with van der Waals surface area (Å²) >= 11 is 0. The summed E-state index contributed by atoms with van der Waals surface area (Å²) in [5, 5.41) is 0. The molecule has 21 heavy (non-hydrogen) atoms. The molecule has 0 heterocycles. The Hall–Kier alpha value is -1.46. The van der Waals surface area contributed by atoms with E-state index in [0.717, 1.165) is 19.4 Å². The summed E-state index contributed by atoms with van der Waals surface area (Å²) in [5.74, 6) is 4.43. The van der Waals surface area contributed by atoms with E-state index in [4.69, 9.17) is 5.84 Å². The summed E-state index contributed by atoms with van der Waals surface area (Å²) in [5.41, 5.74) is 2.98. The van der Waals surface area contributed by atoms with Crippen LogP contribution in [-0.2, 0) is 6.54 Å². The highest BCUT2D eigenvalue weighted by Gasteiger charge is 2.14. The lowest BCUT2D eigenvalue weighted by Crippen LogP contribution is -2.32. The van der Waals surface area contributed by atoms with E-state index in [1.54, 1.807) is 6.07 Å². The van der Waals surface area contributed by atoms with Crippen molar-refractivity contribution in [3.63, 3.8) is 0 Å². The Morgan fingerprint density at radius 1 is 1.38 bits per heavy atom. The molecular formula is C16H26FN3O. The molecule has 118 valence electrons. The number of nitrogens with one attached hydrogen (secondary N) is 1. The van der Waals surface area contributed by atoms with E-state index in [-0.39, 0.29) is 5.82 Å². The molecule has 0 saturated carbocycles. The molecule has 0 bridgehead atoms. The Kier molecular flexibility index (Phi) is 7.32. The summed E-state index contributed by atoms with van der Waals surface area (Å²) in [6, 6.07) is 4.67. The molecule has 0 atom stereocenters. The number of carbonyl (C=O) groups excluding carboxylic acids is 1. The van der Waals surface area contributed by atoms with Crippen molar-refractivity contribution in [2.75, 3.05) is 6.54 Å². The van der Waals surface area contributed by atoms with Crippen LogP contribution in [0, 0.1) is 5.82 Å². The first-order chi connectivity index (χ1) is 9.99. The SMILES string of the molecule is CCCCCN(Cc1cc(C(=O)NN)ccc1F)C(C)C. The largest absolute Gasteiger partial charge is 0.297 e. The fraction of sp³-hybridized carbons (Fsp3) is 0.562. The minimum absolute atomic E-state index is 0.287. The average molecular weight is 295 g/mol. The Morgan fingerprint density at radius 3 is 2.67 bits per heavy atom. The monoisotopic (exact) mass is 295 g/mol. The van der Waals surface area contributed by atoms with Crippen molar-refractivity contribution in [1.29, 1.82) is 0 Å². The molecule has 3 N–H and O–H groups in total. The van der Waals surface area contributed by atoms with Crippen LogP contribution in [0.1, 0.15) is 56.0 Å². The number of benzene rings is 1. The molecule has 1 aromatic carbocycles. The summed E-state index contributed by atoms with van der Waals surface area (Å²) in [6.45, 7) is 7.78. The third-order valence-corrected chi connectivity index (χ3v) is 3.59. The molecule has 0 aromatic heterocycles. The van der Waals surface area contributed by atoms with Crippen molar-refractivity contribution < 1.29 is 9.18 Å². The van der Waals surface area contributed by atoms with Gasteiger partial charge in [-0.15, -0.1) is 0 Å². The van der Waals surface area contributed by atoms with Gasteiger partial charge in [0.25, 0.3) is 5.91 Å². The van der Waals surface area contributed by atoms with Crippen molar-refractivity contribution in [1.82, 2.24) is 10.3 Å². The van der Waals surface area contributed by atoms with E-state index in [2.05, 4.69) is 31.1 Å². The number of unbranched alkanes of at least 4 members (excludes halogenated alkanes) is 2. The van der Waals surface area contributed by atoms with Crippen LogP contribution in [0.2, 0.25) is 0 Å². The van der Waals surface area contributed by atoms with Gasteiger partial charge in [-0.1, -0.05) is 19.8 Å². The molecule has 1 aromatic rings. The van der Waals surface area contributed by atoms with Crippen molar-refractivity contribution in [3.8, 4) is 0 Å². The predicted octanol–water partition coefficient (Wildman–Crippen LogP) is 2.83. The highest BCUT2D eigenvalue weighted by molar-refractivity contribution is 5.93. The smallest absolute Gasteiger partial charge is 0.265 e. The molecule has 5 heteroatoms. The maximum Gasteiger partial charge on any atom is 0.265 e. The van der Waals surface area contributed by atoms with Crippen LogP contribution in [0.25, 0.3) is 0 Å². The molecular weight excluding hydrogens is 269 g/mol. The number of carbonyl (C=O) groups is 1. The van der Waals surface area contributed by atoms with Gasteiger partial charge in [0.05, 0.1) is 0 Å². The number of hydrazine groups is 1. The van der Waals surface area contributed by atoms with Gasteiger partial charge in [0, 0.05) is 23.7 Å². The number of halogens is 1. The third kappa shape index (κ3) is 5.44. The van der Waals surface area contributed by atoms with Crippen LogP contribution in [0.4, 0.5) is 4.39 Å². The number of nitrogen functional groups attached to an aromatic ring is 1. The van der Waals surface area contributed by atoms with E-state index in [9.17, 15) is 9.18 Å². The van der Waals surface area contributed by atoms with Crippen LogP contribution in [0.15, 0.2) is 18.2 Å². The van der Waals surface area contributed by atoms with Crippen LogP contribution >= 0.6 is 0 Å². The van der Waals surface area contributed by atoms with Gasteiger partial charge in [-0.3, -0.25) is 15.1 Å². The minimum Gasteiger partial charge on any atom is -0.297 e. The lowest BCUT2D eigenvalue weighted by Gasteiger charge is -2.26. The van der Waals surface area contributed by atoms with Crippen molar-refractivity contribution in [2.24, 2.45) is 5.84 Å². The number of rotatable bonds is 8. The van der Waals surface area contributed by atoms with Crippen LogP contribution in [-0.4, -0.2) is 23.4 Å². The van der Waals surface area contributed by atoms with Gasteiger partial charge in [-0.25, -0.2) is 10.2 Å². The summed E-state index contributed by atoms with van der Waals surface area (Å²) in [6.07, 6.45) is 3.42. The molecule has 0 radical (unpaired) electrons. The second-order valence-electron chi connectivity index (χ2n) is 5.55. The van der Waals surface area contributed by atoms with E-state index < -0.39 is 5.91 Å². The maximum absolute atomic E-state index is 14.0. The topological polar surface area (TPSA) is 58.4 Å². The predicted molar refractivity (Wildman–Crippen MR) is 83.1 cm³/mol. The Labute approximate surface area is 126 Å². The Morgan fingerprint density at radius 2 is 2.10 bits per heavy atom. The van der Waals surface area contributed by atoms with E-state index >= 15 is 0 Å². The molecule has 0 spiro atoms. The first kappa shape index (κ1) is 17.6. The number of nitrogens with zero attached hydrogens (tertiary/aromatic N) is 1. The Bertz CT molecular complexity index is 463. The quantitative estimate of drug-likeness (QED) is 0.335. The average Bonchev–Trinajstić information content (AvgIpc) is 2.47. The summed E-state index contributed by atoms with van der Waals surface area (Å²) in [7, 11) is 0. The summed E-state index contributed by atoms with van der Waals surface area (Å²) in [4.78, 5) is 13.8. The molecule has 1 rings (SSSR count). The zero-order chi connectivity index (χ0) is 15.8. The number of hydrogen-bond donors (Lipinski definition) is 2. The van der Waals surface area contributed by atoms with Crippen molar-refractivity contribution >= 4 is 5.91 Å². The molecule has 0 unspecified atom stereocenters. The van der Waals surface area contributed by atoms with Gasteiger partial charge < -0.3 is 0 Å². The third-order valence-electron chi connectivity index (χ3n) is 3.59. The molecule has 0 fully saturated rings. The first-order valence-electron chi connectivity index (χ1n) is 7.53. The number of amides is 1. The lowest BCUT2D eigenvalue weighted by atomic mass is 10.1. The minimum atomic E-state index is -0.404. The van der Waals surface area contributed by atoms with Crippen molar-refractivity contribution in [3.05, 3.63) is 35.1 Å². The number of nitrogens with two attached hydrogens (primary N) is 1. The molecule has 0 aliphatic heterocycles. The van der Waals surface area contributed by atoms with Gasteiger partial charge in [-0.2, -0.15) is 0 Å². The zero-order valence-corrected chi connectivity index (χ0v) is 13.2. The molecule has 1 amide bonds. The number of hydrogen-bond acceptors (Lipinski definition) is 3. The molecule has 0 saturated heterocycles.